The minimum atomic E-state index is -0.936. The summed E-state index contributed by atoms with van der Waals surface area (Å²) in [6, 6.07) is 4.90. The fourth-order valence-corrected chi connectivity index (χ4v) is 2.04. The number of imidazole rings is 1. The summed E-state index contributed by atoms with van der Waals surface area (Å²) < 4.78 is 2.61. The van der Waals surface area contributed by atoms with Crippen LogP contribution in [0.5, 0.6) is 0 Å². The highest BCUT2D eigenvalue weighted by atomic mass is 79.9. The van der Waals surface area contributed by atoms with E-state index in [1.54, 1.807) is 24.4 Å². The molecule has 0 saturated carbocycles. The van der Waals surface area contributed by atoms with Crippen LogP contribution in [-0.4, -0.2) is 20.6 Å². The van der Waals surface area contributed by atoms with Crippen LogP contribution in [0.25, 0.3) is 5.69 Å². The van der Waals surface area contributed by atoms with E-state index in [-0.39, 0.29) is 5.56 Å². The van der Waals surface area contributed by atoms with Gasteiger partial charge in [0.05, 0.1) is 11.3 Å². The number of carboxylic acids is 1. The van der Waals surface area contributed by atoms with Gasteiger partial charge in [-0.25, -0.2) is 9.78 Å². The van der Waals surface area contributed by atoms with Crippen molar-refractivity contribution in [1.29, 1.82) is 0 Å². The molecule has 1 heterocycles. The van der Waals surface area contributed by atoms with Crippen LogP contribution in [0, 0.1) is 6.92 Å². The first-order valence-corrected chi connectivity index (χ1v) is 5.42. The van der Waals surface area contributed by atoms with E-state index in [1.807, 2.05) is 17.7 Å². The molecule has 0 bridgehead atoms. The third-order valence-corrected chi connectivity index (χ3v) is 2.92. The highest BCUT2D eigenvalue weighted by Gasteiger charge is 2.09. The van der Waals surface area contributed by atoms with Crippen LogP contribution in [-0.2, 0) is 0 Å². The van der Waals surface area contributed by atoms with Gasteiger partial charge in [0.15, 0.2) is 0 Å². The lowest BCUT2D eigenvalue weighted by Gasteiger charge is -2.08. The van der Waals surface area contributed by atoms with E-state index in [0.717, 1.165) is 16.0 Å². The number of rotatable bonds is 2. The zero-order valence-electron chi connectivity index (χ0n) is 8.51. The van der Waals surface area contributed by atoms with E-state index >= 15 is 0 Å². The fourth-order valence-electron chi connectivity index (χ4n) is 1.47. The average molecular weight is 281 g/mol. The molecule has 0 fully saturated rings. The van der Waals surface area contributed by atoms with Crippen LogP contribution in [0.15, 0.2) is 35.1 Å². The van der Waals surface area contributed by atoms with E-state index in [0.29, 0.717) is 0 Å². The van der Waals surface area contributed by atoms with Gasteiger partial charge in [-0.1, -0.05) is 0 Å². The van der Waals surface area contributed by atoms with E-state index in [4.69, 9.17) is 5.11 Å². The van der Waals surface area contributed by atoms with Crippen molar-refractivity contribution in [3.63, 3.8) is 0 Å². The molecule has 0 saturated heterocycles. The Kier molecular flexibility index (Phi) is 2.78. The highest BCUT2D eigenvalue weighted by molar-refractivity contribution is 9.10. The number of aromatic carboxylic acids is 1. The molecule has 5 heteroatoms. The second-order valence-electron chi connectivity index (χ2n) is 3.32. The van der Waals surface area contributed by atoms with Crippen molar-refractivity contribution in [2.24, 2.45) is 0 Å². The maximum Gasteiger partial charge on any atom is 0.335 e. The molecule has 0 atom stereocenters. The number of aromatic nitrogens is 2. The Morgan fingerprint density at radius 1 is 1.50 bits per heavy atom. The molecule has 1 N–H and O–H groups in total. The molecule has 0 unspecified atom stereocenters. The average Bonchev–Trinajstić information content (AvgIpc) is 2.64. The Balaban J connectivity index is 2.52. The van der Waals surface area contributed by atoms with Gasteiger partial charge in [-0.15, -0.1) is 0 Å². The lowest BCUT2D eigenvalue weighted by atomic mass is 10.2. The summed E-state index contributed by atoms with van der Waals surface area (Å²) in [7, 11) is 0. The minimum absolute atomic E-state index is 0.258. The van der Waals surface area contributed by atoms with Gasteiger partial charge in [-0.2, -0.15) is 0 Å². The van der Waals surface area contributed by atoms with Crippen molar-refractivity contribution >= 4 is 21.9 Å². The van der Waals surface area contributed by atoms with Crippen molar-refractivity contribution in [3.8, 4) is 5.69 Å². The summed E-state index contributed by atoms with van der Waals surface area (Å²) >= 11 is 3.36. The largest absolute Gasteiger partial charge is 0.478 e. The Morgan fingerprint density at radius 3 is 2.75 bits per heavy atom. The maximum absolute atomic E-state index is 10.8. The van der Waals surface area contributed by atoms with Crippen molar-refractivity contribution < 1.29 is 9.90 Å². The monoisotopic (exact) mass is 280 g/mol. The Bertz CT molecular complexity index is 549. The smallest absolute Gasteiger partial charge is 0.335 e. The molecular formula is C11H9BrN2O2. The SMILES string of the molecule is Cc1nccn1-c1ccc(C(=O)O)cc1Br. The Morgan fingerprint density at radius 2 is 2.25 bits per heavy atom. The first-order chi connectivity index (χ1) is 7.59. The summed E-state index contributed by atoms with van der Waals surface area (Å²) in [4.78, 5) is 14.9. The molecule has 0 radical (unpaired) electrons. The van der Waals surface area contributed by atoms with E-state index < -0.39 is 5.97 Å². The normalized spacial score (nSPS) is 10.4. The molecular weight excluding hydrogens is 272 g/mol. The van der Waals surface area contributed by atoms with Gasteiger partial charge >= 0.3 is 5.97 Å². The van der Waals surface area contributed by atoms with Gasteiger partial charge in [0.25, 0.3) is 0 Å². The lowest BCUT2D eigenvalue weighted by molar-refractivity contribution is 0.0697. The quantitative estimate of drug-likeness (QED) is 0.920. The summed E-state index contributed by atoms with van der Waals surface area (Å²) in [5.41, 5.74) is 1.13. The topological polar surface area (TPSA) is 55.1 Å². The van der Waals surface area contributed by atoms with Gasteiger partial charge in [-0.3, -0.25) is 0 Å². The molecule has 1 aromatic heterocycles. The molecule has 82 valence electrons. The molecule has 16 heavy (non-hydrogen) atoms. The molecule has 0 aliphatic rings. The zero-order valence-corrected chi connectivity index (χ0v) is 10.1. The first-order valence-electron chi connectivity index (χ1n) is 4.63. The number of nitrogens with zero attached hydrogens (tertiary/aromatic N) is 2. The molecule has 0 amide bonds. The van der Waals surface area contributed by atoms with Crippen LogP contribution in [0.1, 0.15) is 16.2 Å². The van der Waals surface area contributed by atoms with Gasteiger partial charge in [0.1, 0.15) is 5.82 Å². The van der Waals surface area contributed by atoms with Crippen molar-refractivity contribution in [2.75, 3.05) is 0 Å². The summed E-state index contributed by atoms with van der Waals surface area (Å²) in [6.07, 6.45) is 3.53. The van der Waals surface area contributed by atoms with Crippen LogP contribution in [0.3, 0.4) is 0 Å². The van der Waals surface area contributed by atoms with Gasteiger partial charge < -0.3 is 9.67 Å². The predicted molar refractivity (Wildman–Crippen MR) is 63.0 cm³/mol. The summed E-state index contributed by atoms with van der Waals surface area (Å²) in [5.74, 6) is -0.0848. The Labute approximate surface area is 101 Å². The second kappa shape index (κ2) is 4.09. The summed E-state index contributed by atoms with van der Waals surface area (Å²) in [6.45, 7) is 1.89. The number of carboxylic acid groups (broad SMARTS) is 1. The standard InChI is InChI=1S/C11H9BrN2O2/c1-7-13-4-5-14(7)10-3-2-8(11(15)16)6-9(10)12/h2-6H,1H3,(H,15,16). The van der Waals surface area contributed by atoms with Crippen molar-refractivity contribution in [2.45, 2.75) is 6.92 Å². The minimum Gasteiger partial charge on any atom is -0.478 e. The van der Waals surface area contributed by atoms with E-state index in [1.165, 1.54) is 0 Å². The van der Waals surface area contributed by atoms with Crippen molar-refractivity contribution in [3.05, 3.63) is 46.5 Å². The molecule has 1 aromatic carbocycles. The lowest BCUT2D eigenvalue weighted by Crippen LogP contribution is -2.00. The highest BCUT2D eigenvalue weighted by Crippen LogP contribution is 2.23. The third kappa shape index (κ3) is 1.86. The van der Waals surface area contributed by atoms with Gasteiger partial charge in [0.2, 0.25) is 0 Å². The number of benzene rings is 1. The molecule has 0 spiro atoms. The first kappa shape index (κ1) is 10.9. The van der Waals surface area contributed by atoms with Crippen molar-refractivity contribution in [1.82, 2.24) is 9.55 Å². The number of carbonyl (C=O) groups is 1. The van der Waals surface area contributed by atoms with Crippen LogP contribution in [0.2, 0.25) is 0 Å². The number of hydrogen-bond acceptors (Lipinski definition) is 2. The van der Waals surface area contributed by atoms with E-state index in [9.17, 15) is 4.79 Å². The molecule has 4 nitrogen and oxygen atoms in total. The predicted octanol–water partition coefficient (Wildman–Crippen LogP) is 2.64. The molecule has 2 aromatic rings. The van der Waals surface area contributed by atoms with Crippen LogP contribution >= 0.6 is 15.9 Å². The molecule has 0 aliphatic carbocycles. The van der Waals surface area contributed by atoms with E-state index in [2.05, 4.69) is 20.9 Å². The zero-order chi connectivity index (χ0) is 11.7. The number of halogens is 1. The number of aryl methyl sites for hydroxylation is 1. The fraction of sp³-hybridized carbons (Fsp3) is 0.0909. The second-order valence-corrected chi connectivity index (χ2v) is 4.17. The maximum atomic E-state index is 10.8. The molecule has 0 aliphatic heterocycles. The third-order valence-electron chi connectivity index (χ3n) is 2.28. The molecule has 2 rings (SSSR count). The van der Waals surface area contributed by atoms with Crippen LogP contribution in [0.4, 0.5) is 0 Å². The van der Waals surface area contributed by atoms with Gasteiger partial charge in [0, 0.05) is 16.9 Å². The Hall–Kier alpha value is -1.62. The summed E-state index contributed by atoms with van der Waals surface area (Å²) in [5, 5.41) is 8.85. The van der Waals surface area contributed by atoms with Gasteiger partial charge in [-0.05, 0) is 41.1 Å². The number of hydrogen-bond donors (Lipinski definition) is 1. The van der Waals surface area contributed by atoms with Crippen LogP contribution < -0.4 is 0 Å².